The summed E-state index contributed by atoms with van der Waals surface area (Å²) in [6.45, 7) is 0. The van der Waals surface area contributed by atoms with Crippen LogP contribution in [0.25, 0.3) is 10.9 Å². The molecule has 4 nitrogen and oxygen atoms in total. The Labute approximate surface area is 104 Å². The van der Waals surface area contributed by atoms with E-state index < -0.39 is 6.10 Å². The van der Waals surface area contributed by atoms with Gasteiger partial charge in [-0.15, -0.1) is 0 Å². The number of fused-ring (bicyclic) bond motifs is 1. The standard InChI is InChI=1S/C14H11N3O/c18-14(12-7-15-9-16-8-12)11-4-3-10-2-1-5-17-13(10)6-11/h1-9,14,18H. The normalized spacial score (nSPS) is 12.5. The van der Waals surface area contributed by atoms with Crippen LogP contribution in [0, 0.1) is 0 Å². The number of aromatic nitrogens is 3. The van der Waals surface area contributed by atoms with Crippen molar-refractivity contribution in [1.82, 2.24) is 15.0 Å². The highest BCUT2D eigenvalue weighted by Gasteiger charge is 2.11. The van der Waals surface area contributed by atoms with E-state index >= 15 is 0 Å². The SMILES string of the molecule is OC(c1cncnc1)c1ccc2cccnc2c1. The van der Waals surface area contributed by atoms with E-state index in [9.17, 15) is 5.11 Å². The number of pyridine rings is 1. The summed E-state index contributed by atoms with van der Waals surface area (Å²) in [5.41, 5.74) is 2.33. The lowest BCUT2D eigenvalue weighted by Crippen LogP contribution is -2.00. The third kappa shape index (κ3) is 1.94. The first kappa shape index (κ1) is 10.8. The first-order chi connectivity index (χ1) is 8.84. The topological polar surface area (TPSA) is 58.9 Å². The molecule has 1 N–H and O–H groups in total. The van der Waals surface area contributed by atoms with Gasteiger partial charge in [0.15, 0.2) is 0 Å². The van der Waals surface area contributed by atoms with Gasteiger partial charge in [-0.2, -0.15) is 0 Å². The zero-order valence-electron chi connectivity index (χ0n) is 9.56. The van der Waals surface area contributed by atoms with Crippen molar-refractivity contribution in [3.63, 3.8) is 0 Å². The van der Waals surface area contributed by atoms with Crippen LogP contribution >= 0.6 is 0 Å². The molecule has 0 aliphatic rings. The third-order valence-electron chi connectivity index (χ3n) is 2.84. The summed E-state index contributed by atoms with van der Waals surface area (Å²) in [4.78, 5) is 12.1. The second-order valence-corrected chi connectivity index (χ2v) is 4.03. The van der Waals surface area contributed by atoms with Gasteiger partial charge in [0.2, 0.25) is 0 Å². The average molecular weight is 237 g/mol. The average Bonchev–Trinajstić information content (AvgIpc) is 2.47. The van der Waals surface area contributed by atoms with E-state index in [0.29, 0.717) is 5.56 Å². The van der Waals surface area contributed by atoms with Crippen molar-refractivity contribution in [3.8, 4) is 0 Å². The third-order valence-corrected chi connectivity index (χ3v) is 2.84. The Hall–Kier alpha value is -2.33. The lowest BCUT2D eigenvalue weighted by Gasteiger charge is -2.10. The number of aliphatic hydroxyl groups is 1. The fraction of sp³-hybridized carbons (Fsp3) is 0.0714. The van der Waals surface area contributed by atoms with Crippen molar-refractivity contribution in [2.24, 2.45) is 0 Å². The van der Waals surface area contributed by atoms with Crippen LogP contribution in [0.1, 0.15) is 17.2 Å². The number of aliphatic hydroxyl groups excluding tert-OH is 1. The van der Waals surface area contributed by atoms with Gasteiger partial charge in [-0.05, 0) is 17.7 Å². The van der Waals surface area contributed by atoms with Crippen molar-refractivity contribution in [3.05, 3.63) is 66.4 Å². The quantitative estimate of drug-likeness (QED) is 0.741. The highest BCUT2D eigenvalue weighted by molar-refractivity contribution is 5.79. The molecule has 1 unspecified atom stereocenters. The molecule has 88 valence electrons. The van der Waals surface area contributed by atoms with E-state index in [1.807, 2.05) is 30.3 Å². The maximum absolute atomic E-state index is 10.2. The van der Waals surface area contributed by atoms with Crippen LogP contribution < -0.4 is 0 Å². The van der Waals surface area contributed by atoms with E-state index in [1.165, 1.54) is 6.33 Å². The molecule has 3 aromatic rings. The molecule has 0 aliphatic heterocycles. The lowest BCUT2D eigenvalue weighted by molar-refractivity contribution is 0.219. The fourth-order valence-electron chi connectivity index (χ4n) is 1.90. The molecule has 1 aromatic carbocycles. The molecule has 0 spiro atoms. The van der Waals surface area contributed by atoms with Crippen LogP contribution in [0.5, 0.6) is 0 Å². The van der Waals surface area contributed by atoms with Crippen molar-refractivity contribution in [2.75, 3.05) is 0 Å². The summed E-state index contributed by atoms with van der Waals surface area (Å²) in [6, 6.07) is 9.60. The Kier molecular flexibility index (Phi) is 2.70. The molecular formula is C14H11N3O. The molecule has 0 amide bonds. The van der Waals surface area contributed by atoms with Gasteiger partial charge in [0, 0.05) is 29.5 Å². The second kappa shape index (κ2) is 4.50. The minimum absolute atomic E-state index is 0.674. The molecule has 18 heavy (non-hydrogen) atoms. The van der Waals surface area contributed by atoms with Crippen molar-refractivity contribution in [1.29, 1.82) is 0 Å². The van der Waals surface area contributed by atoms with Crippen LogP contribution in [0.2, 0.25) is 0 Å². The Morgan fingerprint density at radius 1 is 1.00 bits per heavy atom. The number of nitrogens with zero attached hydrogens (tertiary/aromatic N) is 3. The Balaban J connectivity index is 2.04. The highest BCUT2D eigenvalue weighted by atomic mass is 16.3. The van der Waals surface area contributed by atoms with Gasteiger partial charge in [0.05, 0.1) is 5.52 Å². The van der Waals surface area contributed by atoms with Crippen LogP contribution in [0.4, 0.5) is 0 Å². The molecule has 4 heteroatoms. The summed E-state index contributed by atoms with van der Waals surface area (Å²) in [6.07, 6.45) is 5.68. The monoisotopic (exact) mass is 237 g/mol. The second-order valence-electron chi connectivity index (χ2n) is 4.03. The van der Waals surface area contributed by atoms with Gasteiger partial charge in [-0.25, -0.2) is 9.97 Å². The van der Waals surface area contributed by atoms with E-state index in [1.54, 1.807) is 18.6 Å². The van der Waals surface area contributed by atoms with Crippen LogP contribution in [-0.4, -0.2) is 20.1 Å². The van der Waals surface area contributed by atoms with Gasteiger partial charge >= 0.3 is 0 Å². The van der Waals surface area contributed by atoms with Gasteiger partial charge in [0.25, 0.3) is 0 Å². The van der Waals surface area contributed by atoms with E-state index in [-0.39, 0.29) is 0 Å². The summed E-state index contributed by atoms with van der Waals surface area (Å²) in [5, 5.41) is 11.3. The minimum Gasteiger partial charge on any atom is -0.384 e. The molecule has 0 bridgehead atoms. The molecule has 2 aromatic heterocycles. The smallest absolute Gasteiger partial charge is 0.115 e. The van der Waals surface area contributed by atoms with Crippen LogP contribution in [0.15, 0.2) is 55.2 Å². The van der Waals surface area contributed by atoms with Crippen molar-refractivity contribution >= 4 is 10.9 Å². The Morgan fingerprint density at radius 2 is 1.83 bits per heavy atom. The Morgan fingerprint density at radius 3 is 2.67 bits per heavy atom. The lowest BCUT2D eigenvalue weighted by atomic mass is 10.0. The van der Waals surface area contributed by atoms with Crippen LogP contribution in [0.3, 0.4) is 0 Å². The van der Waals surface area contributed by atoms with Gasteiger partial charge in [-0.1, -0.05) is 18.2 Å². The zero-order chi connectivity index (χ0) is 12.4. The zero-order valence-corrected chi connectivity index (χ0v) is 9.56. The molecule has 0 saturated heterocycles. The summed E-state index contributed by atoms with van der Waals surface area (Å²) in [5.74, 6) is 0. The highest BCUT2D eigenvalue weighted by Crippen LogP contribution is 2.23. The number of rotatable bonds is 2. The molecule has 0 fully saturated rings. The molecule has 0 aliphatic carbocycles. The summed E-state index contributed by atoms with van der Waals surface area (Å²) >= 11 is 0. The number of hydrogen-bond donors (Lipinski definition) is 1. The number of benzene rings is 1. The first-order valence-electron chi connectivity index (χ1n) is 5.62. The molecular weight excluding hydrogens is 226 g/mol. The molecule has 3 rings (SSSR count). The molecule has 0 saturated carbocycles. The fourth-order valence-corrected chi connectivity index (χ4v) is 1.90. The molecule has 1 atom stereocenters. The van der Waals surface area contributed by atoms with E-state index in [2.05, 4.69) is 15.0 Å². The predicted octanol–water partition coefficient (Wildman–Crippen LogP) is 2.11. The Bertz CT molecular complexity index is 670. The molecule has 0 radical (unpaired) electrons. The summed E-state index contributed by atoms with van der Waals surface area (Å²) in [7, 11) is 0. The van der Waals surface area contributed by atoms with Gasteiger partial charge in [0.1, 0.15) is 12.4 Å². The predicted molar refractivity (Wildman–Crippen MR) is 67.8 cm³/mol. The van der Waals surface area contributed by atoms with Gasteiger partial charge < -0.3 is 5.11 Å². The molecule has 2 heterocycles. The minimum atomic E-state index is -0.724. The maximum atomic E-state index is 10.2. The van der Waals surface area contributed by atoms with Gasteiger partial charge in [-0.3, -0.25) is 4.98 Å². The van der Waals surface area contributed by atoms with Crippen molar-refractivity contribution in [2.45, 2.75) is 6.10 Å². The maximum Gasteiger partial charge on any atom is 0.115 e. The van der Waals surface area contributed by atoms with Crippen molar-refractivity contribution < 1.29 is 5.11 Å². The summed E-state index contributed by atoms with van der Waals surface area (Å²) < 4.78 is 0. The number of hydrogen-bond acceptors (Lipinski definition) is 4. The van der Waals surface area contributed by atoms with Crippen LogP contribution in [-0.2, 0) is 0 Å². The van der Waals surface area contributed by atoms with E-state index in [0.717, 1.165) is 16.5 Å². The van der Waals surface area contributed by atoms with E-state index in [4.69, 9.17) is 0 Å². The first-order valence-corrected chi connectivity index (χ1v) is 5.62. The largest absolute Gasteiger partial charge is 0.384 e.